The maximum Gasteiger partial charge on any atom is 0.224 e. The third kappa shape index (κ3) is 5.07. The first-order valence-electron chi connectivity index (χ1n) is 11.6. The highest BCUT2D eigenvalue weighted by Crippen LogP contribution is 2.24. The number of morpholine rings is 1. The lowest BCUT2D eigenvalue weighted by atomic mass is 9.97. The molecule has 9 heteroatoms. The minimum Gasteiger partial charge on any atom is -0.378 e. The largest absolute Gasteiger partial charge is 0.378 e. The monoisotopic (exact) mass is 468 g/mol. The van der Waals surface area contributed by atoms with Gasteiger partial charge < -0.3 is 24.8 Å². The molecule has 0 bridgehead atoms. The van der Waals surface area contributed by atoms with E-state index in [1.165, 1.54) is 0 Å². The van der Waals surface area contributed by atoms with Crippen LogP contribution >= 0.6 is 11.6 Å². The second kappa shape index (κ2) is 9.97. The van der Waals surface area contributed by atoms with E-state index in [0.29, 0.717) is 13.1 Å². The van der Waals surface area contributed by atoms with Gasteiger partial charge in [0.1, 0.15) is 0 Å². The summed E-state index contributed by atoms with van der Waals surface area (Å²) < 4.78 is 5.40. The van der Waals surface area contributed by atoms with Gasteiger partial charge in [-0.05, 0) is 55.2 Å². The molecule has 33 heavy (non-hydrogen) atoms. The van der Waals surface area contributed by atoms with E-state index >= 15 is 0 Å². The summed E-state index contributed by atoms with van der Waals surface area (Å²) in [7, 11) is 0. The Balaban J connectivity index is 1.14. The van der Waals surface area contributed by atoms with Gasteiger partial charge in [0.2, 0.25) is 5.91 Å². The van der Waals surface area contributed by atoms with Gasteiger partial charge in [0.15, 0.2) is 11.6 Å². The lowest BCUT2D eigenvalue weighted by Crippen LogP contribution is -2.44. The number of piperidine rings is 1. The Morgan fingerprint density at radius 3 is 2.70 bits per heavy atom. The normalized spacial score (nSPS) is 19.1. The standard InChI is InChI=1S/C24H29ClN6O2/c25-19-3-4-21-20(14-19)17(15-27-21)7-8-26-24(32)18-2-1-9-31(16-18)23-6-5-22(28-29-23)30-10-12-33-13-11-30/h3-6,14-15,18,27H,1-2,7-13,16H2,(H,26,32). The number of fused-ring (bicyclic) bond motifs is 1. The molecule has 174 valence electrons. The zero-order valence-electron chi connectivity index (χ0n) is 18.6. The van der Waals surface area contributed by atoms with Crippen LogP contribution in [0.4, 0.5) is 11.6 Å². The maximum absolute atomic E-state index is 12.9. The molecule has 2 saturated heterocycles. The van der Waals surface area contributed by atoms with Crippen LogP contribution in [0.1, 0.15) is 18.4 Å². The number of nitrogens with one attached hydrogen (secondary N) is 2. The predicted octanol–water partition coefficient (Wildman–Crippen LogP) is 3.02. The van der Waals surface area contributed by atoms with Gasteiger partial charge in [-0.1, -0.05) is 11.6 Å². The average molecular weight is 469 g/mol. The Hall–Kier alpha value is -2.84. The smallest absolute Gasteiger partial charge is 0.224 e. The van der Waals surface area contributed by atoms with Crippen molar-refractivity contribution in [3.05, 3.63) is 47.1 Å². The van der Waals surface area contributed by atoms with E-state index in [-0.39, 0.29) is 11.8 Å². The van der Waals surface area contributed by atoms with Crippen molar-refractivity contribution in [3.8, 4) is 0 Å². The molecule has 1 unspecified atom stereocenters. The Bertz CT molecular complexity index is 1100. The third-order valence-electron chi connectivity index (χ3n) is 6.51. The Kier molecular flexibility index (Phi) is 6.64. The van der Waals surface area contributed by atoms with E-state index in [0.717, 1.165) is 85.2 Å². The maximum atomic E-state index is 12.9. The van der Waals surface area contributed by atoms with Crippen LogP contribution < -0.4 is 15.1 Å². The molecule has 2 N–H and O–H groups in total. The van der Waals surface area contributed by atoms with Crippen molar-refractivity contribution >= 4 is 40.0 Å². The number of hydrogen-bond donors (Lipinski definition) is 2. The lowest BCUT2D eigenvalue weighted by molar-refractivity contribution is -0.125. The molecule has 4 heterocycles. The van der Waals surface area contributed by atoms with E-state index in [1.54, 1.807) is 0 Å². The molecule has 2 aliphatic rings. The second-order valence-corrected chi connectivity index (χ2v) is 9.12. The van der Waals surface area contributed by atoms with Crippen LogP contribution in [0, 0.1) is 5.92 Å². The first-order valence-corrected chi connectivity index (χ1v) is 12.0. The molecule has 1 amide bonds. The summed E-state index contributed by atoms with van der Waals surface area (Å²) in [6.45, 7) is 5.28. The van der Waals surface area contributed by atoms with E-state index in [9.17, 15) is 4.79 Å². The fraction of sp³-hybridized carbons (Fsp3) is 0.458. The van der Waals surface area contributed by atoms with Crippen molar-refractivity contribution in [1.82, 2.24) is 20.5 Å². The number of amides is 1. The molecule has 0 aliphatic carbocycles. The number of halogens is 1. The fourth-order valence-corrected chi connectivity index (χ4v) is 4.84. The third-order valence-corrected chi connectivity index (χ3v) is 6.75. The first kappa shape index (κ1) is 22.0. The van der Waals surface area contributed by atoms with Gasteiger partial charge in [0.05, 0.1) is 19.1 Å². The Morgan fingerprint density at radius 1 is 1.12 bits per heavy atom. The Morgan fingerprint density at radius 2 is 1.91 bits per heavy atom. The van der Waals surface area contributed by atoms with Crippen LogP contribution in [0.2, 0.25) is 5.02 Å². The highest BCUT2D eigenvalue weighted by Gasteiger charge is 2.27. The van der Waals surface area contributed by atoms with E-state index in [1.807, 2.05) is 36.5 Å². The number of aromatic amines is 1. The molecule has 2 aliphatic heterocycles. The number of aromatic nitrogens is 3. The van der Waals surface area contributed by atoms with Gasteiger partial charge in [-0.15, -0.1) is 10.2 Å². The van der Waals surface area contributed by atoms with Gasteiger partial charge in [0.25, 0.3) is 0 Å². The molecule has 2 fully saturated rings. The van der Waals surface area contributed by atoms with Gasteiger partial charge in [-0.3, -0.25) is 4.79 Å². The summed E-state index contributed by atoms with van der Waals surface area (Å²) in [5, 5.41) is 13.8. The number of carbonyl (C=O) groups excluding carboxylic acids is 1. The highest BCUT2D eigenvalue weighted by atomic mass is 35.5. The van der Waals surface area contributed by atoms with E-state index in [4.69, 9.17) is 16.3 Å². The molecule has 3 aromatic rings. The average Bonchev–Trinajstić information content (AvgIpc) is 3.26. The van der Waals surface area contributed by atoms with Gasteiger partial charge >= 0.3 is 0 Å². The highest BCUT2D eigenvalue weighted by molar-refractivity contribution is 6.31. The zero-order chi connectivity index (χ0) is 22.6. The van der Waals surface area contributed by atoms with Gasteiger partial charge in [-0.2, -0.15) is 0 Å². The van der Waals surface area contributed by atoms with Crippen LogP contribution in [0.5, 0.6) is 0 Å². The molecule has 0 radical (unpaired) electrons. The van der Waals surface area contributed by atoms with Crippen molar-refractivity contribution in [1.29, 1.82) is 0 Å². The van der Waals surface area contributed by atoms with E-state index in [2.05, 4.69) is 30.3 Å². The summed E-state index contributed by atoms with van der Waals surface area (Å²) in [6, 6.07) is 9.86. The molecule has 1 aromatic carbocycles. The molecule has 1 atom stereocenters. The summed E-state index contributed by atoms with van der Waals surface area (Å²) in [6.07, 6.45) is 4.61. The molecular weight excluding hydrogens is 440 g/mol. The molecule has 5 rings (SSSR count). The van der Waals surface area contributed by atoms with Crippen LogP contribution in [-0.4, -0.2) is 67.0 Å². The molecule has 0 saturated carbocycles. The van der Waals surface area contributed by atoms with Gasteiger partial charge in [0, 0.05) is 54.8 Å². The van der Waals surface area contributed by atoms with Crippen molar-refractivity contribution in [2.75, 3.05) is 55.7 Å². The summed E-state index contributed by atoms with van der Waals surface area (Å²) in [5.41, 5.74) is 2.22. The number of benzene rings is 1. The van der Waals surface area contributed by atoms with Gasteiger partial charge in [-0.25, -0.2) is 0 Å². The molecule has 0 spiro atoms. The van der Waals surface area contributed by atoms with Crippen LogP contribution in [0.25, 0.3) is 10.9 Å². The van der Waals surface area contributed by atoms with Crippen molar-refractivity contribution in [2.24, 2.45) is 5.92 Å². The number of H-pyrrole nitrogens is 1. The van der Waals surface area contributed by atoms with Crippen LogP contribution in [0.15, 0.2) is 36.5 Å². The number of ether oxygens (including phenoxy) is 1. The van der Waals surface area contributed by atoms with Crippen molar-refractivity contribution < 1.29 is 9.53 Å². The predicted molar refractivity (Wildman–Crippen MR) is 130 cm³/mol. The lowest BCUT2D eigenvalue weighted by Gasteiger charge is -2.33. The summed E-state index contributed by atoms with van der Waals surface area (Å²) in [5.74, 6) is 1.78. The number of anilines is 2. The van der Waals surface area contributed by atoms with Crippen LogP contribution in [-0.2, 0) is 16.0 Å². The molecular formula is C24H29ClN6O2. The minimum atomic E-state index is -0.0446. The number of nitrogens with zero attached hydrogens (tertiary/aromatic N) is 4. The molecule has 2 aromatic heterocycles. The summed E-state index contributed by atoms with van der Waals surface area (Å²) >= 11 is 6.14. The quantitative estimate of drug-likeness (QED) is 0.578. The fourth-order valence-electron chi connectivity index (χ4n) is 4.67. The number of carbonyl (C=O) groups is 1. The van der Waals surface area contributed by atoms with Crippen molar-refractivity contribution in [2.45, 2.75) is 19.3 Å². The zero-order valence-corrected chi connectivity index (χ0v) is 19.4. The summed E-state index contributed by atoms with van der Waals surface area (Å²) in [4.78, 5) is 20.5. The number of rotatable bonds is 6. The second-order valence-electron chi connectivity index (χ2n) is 8.68. The SMILES string of the molecule is O=C(NCCc1c[nH]c2ccc(Cl)cc12)C1CCCN(c2ccc(N3CCOCC3)nn2)C1. The van der Waals surface area contributed by atoms with E-state index < -0.39 is 0 Å². The first-order chi connectivity index (χ1) is 16.2. The molecule has 8 nitrogen and oxygen atoms in total. The number of hydrogen-bond acceptors (Lipinski definition) is 6. The minimum absolute atomic E-state index is 0.0446. The van der Waals surface area contributed by atoms with Crippen molar-refractivity contribution in [3.63, 3.8) is 0 Å². The Labute approximate surface area is 198 Å². The topological polar surface area (TPSA) is 86.4 Å². The van der Waals surface area contributed by atoms with Crippen LogP contribution in [0.3, 0.4) is 0 Å².